The Morgan fingerprint density at radius 3 is 2.74 bits per heavy atom. The molecule has 3 rings (SSSR count). The van der Waals surface area contributed by atoms with E-state index in [2.05, 4.69) is 17.5 Å². The third-order valence-electron chi connectivity index (χ3n) is 5.29. The first-order valence-electron chi connectivity index (χ1n) is 9.93. The molecule has 27 heavy (non-hydrogen) atoms. The molecular formula is C21H29N3O2S. The minimum atomic E-state index is -0.558. The van der Waals surface area contributed by atoms with E-state index >= 15 is 0 Å². The maximum absolute atomic E-state index is 12.9. The van der Waals surface area contributed by atoms with Gasteiger partial charge in [-0.25, -0.2) is 0 Å². The molecule has 146 valence electrons. The van der Waals surface area contributed by atoms with Gasteiger partial charge in [0.05, 0.1) is 16.8 Å². The molecule has 2 aliphatic rings. The normalized spacial score (nSPS) is 20.7. The van der Waals surface area contributed by atoms with Crippen molar-refractivity contribution in [3.05, 3.63) is 23.8 Å². The number of benzene rings is 1. The van der Waals surface area contributed by atoms with Crippen molar-refractivity contribution in [2.45, 2.75) is 71.1 Å². The van der Waals surface area contributed by atoms with Crippen molar-refractivity contribution in [2.24, 2.45) is 5.10 Å². The maximum atomic E-state index is 12.9. The van der Waals surface area contributed by atoms with E-state index < -0.39 is 5.41 Å². The van der Waals surface area contributed by atoms with Gasteiger partial charge in [0.2, 0.25) is 5.91 Å². The van der Waals surface area contributed by atoms with E-state index in [9.17, 15) is 9.59 Å². The van der Waals surface area contributed by atoms with E-state index in [-0.39, 0.29) is 11.7 Å². The number of fused-ring (bicyclic) bond motifs is 1. The van der Waals surface area contributed by atoms with E-state index in [1.165, 1.54) is 0 Å². The molecule has 0 unspecified atom stereocenters. The second kappa shape index (κ2) is 8.46. The number of amides is 1. The monoisotopic (exact) mass is 387 g/mol. The number of carbonyl (C=O) groups excluding carboxylic acids is 2. The number of hydrogen-bond donors (Lipinski definition) is 1. The largest absolute Gasteiger partial charge is 0.293 e. The zero-order chi connectivity index (χ0) is 19.4. The number of Topliss-reactive ketones (excluding diaryl/α,β-unsaturated/α-hetero) is 1. The Balaban J connectivity index is 1.80. The van der Waals surface area contributed by atoms with Crippen molar-refractivity contribution in [3.8, 4) is 0 Å². The van der Waals surface area contributed by atoms with Crippen LogP contribution >= 0.6 is 11.9 Å². The number of rotatable bonds is 6. The highest BCUT2D eigenvalue weighted by molar-refractivity contribution is 8.01. The van der Waals surface area contributed by atoms with Gasteiger partial charge in [0.1, 0.15) is 5.71 Å². The number of unbranched alkanes of at least 4 members (excludes halogenated alkanes) is 1. The summed E-state index contributed by atoms with van der Waals surface area (Å²) in [4.78, 5) is 25.0. The lowest BCUT2D eigenvalue weighted by atomic mass is 9.86. The molecule has 1 aliphatic carbocycles. The van der Waals surface area contributed by atoms with Crippen LogP contribution in [0.25, 0.3) is 0 Å². The summed E-state index contributed by atoms with van der Waals surface area (Å²) in [7, 11) is 0. The molecule has 0 spiro atoms. The summed E-state index contributed by atoms with van der Waals surface area (Å²) in [5.74, 6) is 1.21. The highest BCUT2D eigenvalue weighted by Crippen LogP contribution is 2.45. The van der Waals surface area contributed by atoms with Gasteiger partial charge in [0.25, 0.3) is 0 Å². The Hall–Kier alpha value is -1.82. The molecule has 5 nitrogen and oxygen atoms in total. The number of hydrazone groups is 1. The topological polar surface area (TPSA) is 61.8 Å². The molecule has 1 aromatic carbocycles. The molecule has 0 radical (unpaired) electrons. The summed E-state index contributed by atoms with van der Waals surface area (Å²) in [5, 5.41) is 4.38. The standard InChI is InChI=1S/C21H29N3O2S/c1-4-5-13-27-24-18-12-11-15(14-16(18)21(2,3)20(24)26)22-23-17-9-7-6-8-10-19(17)25/h11-12,14,22H,4-10,13H2,1-3H3/b23-17+. The maximum Gasteiger partial charge on any atom is 0.247 e. The quantitative estimate of drug-likeness (QED) is 0.321. The van der Waals surface area contributed by atoms with Gasteiger partial charge in [-0.2, -0.15) is 5.10 Å². The number of nitrogens with zero attached hydrogens (tertiary/aromatic N) is 2. The van der Waals surface area contributed by atoms with Crippen molar-refractivity contribution in [1.82, 2.24) is 0 Å². The Bertz CT molecular complexity index is 758. The number of ketones is 1. The van der Waals surface area contributed by atoms with Crippen molar-refractivity contribution >= 4 is 40.7 Å². The Morgan fingerprint density at radius 1 is 1.19 bits per heavy atom. The lowest BCUT2D eigenvalue weighted by molar-refractivity contribution is -0.120. The third-order valence-corrected chi connectivity index (χ3v) is 6.38. The van der Waals surface area contributed by atoms with Crippen LogP contribution in [0.5, 0.6) is 0 Å². The third kappa shape index (κ3) is 4.21. The van der Waals surface area contributed by atoms with Crippen molar-refractivity contribution in [1.29, 1.82) is 0 Å². The average Bonchev–Trinajstić information content (AvgIpc) is 2.79. The molecule has 0 aromatic heterocycles. The summed E-state index contributed by atoms with van der Waals surface area (Å²) in [5.41, 5.74) is 5.93. The molecule has 0 atom stereocenters. The summed E-state index contributed by atoms with van der Waals surface area (Å²) < 4.78 is 1.84. The highest BCUT2D eigenvalue weighted by Gasteiger charge is 2.44. The molecule has 1 heterocycles. The predicted molar refractivity (Wildman–Crippen MR) is 113 cm³/mol. The van der Waals surface area contributed by atoms with Crippen LogP contribution in [-0.2, 0) is 15.0 Å². The van der Waals surface area contributed by atoms with Gasteiger partial charge in [0, 0.05) is 12.2 Å². The Morgan fingerprint density at radius 2 is 1.96 bits per heavy atom. The molecule has 1 aliphatic heterocycles. The van der Waals surface area contributed by atoms with Crippen LogP contribution in [0.15, 0.2) is 23.3 Å². The van der Waals surface area contributed by atoms with Gasteiger partial charge in [-0.05, 0) is 75.2 Å². The summed E-state index contributed by atoms with van der Waals surface area (Å²) in [6.45, 7) is 6.10. The van der Waals surface area contributed by atoms with Gasteiger partial charge in [-0.15, -0.1) is 0 Å². The predicted octanol–water partition coefficient (Wildman–Crippen LogP) is 5.06. The van der Waals surface area contributed by atoms with Crippen LogP contribution in [0, 0.1) is 0 Å². The van der Waals surface area contributed by atoms with Gasteiger partial charge < -0.3 is 0 Å². The van der Waals surface area contributed by atoms with Gasteiger partial charge in [-0.3, -0.25) is 19.3 Å². The minimum Gasteiger partial charge on any atom is -0.293 e. The number of nitrogens with one attached hydrogen (secondary N) is 1. The van der Waals surface area contributed by atoms with Gasteiger partial charge in [-0.1, -0.05) is 19.8 Å². The van der Waals surface area contributed by atoms with Crippen LogP contribution in [0.1, 0.15) is 71.3 Å². The summed E-state index contributed by atoms with van der Waals surface area (Å²) in [6, 6.07) is 5.92. The van der Waals surface area contributed by atoms with Crippen LogP contribution in [0.2, 0.25) is 0 Å². The lowest BCUT2D eigenvalue weighted by Gasteiger charge is -2.19. The molecule has 0 bridgehead atoms. The van der Waals surface area contributed by atoms with E-state index in [1.807, 2.05) is 36.4 Å². The second-order valence-electron chi connectivity index (χ2n) is 7.80. The van der Waals surface area contributed by atoms with Gasteiger partial charge >= 0.3 is 0 Å². The van der Waals surface area contributed by atoms with Crippen molar-refractivity contribution in [3.63, 3.8) is 0 Å². The molecule has 0 saturated heterocycles. The summed E-state index contributed by atoms with van der Waals surface area (Å²) in [6.07, 6.45) is 6.60. The summed E-state index contributed by atoms with van der Waals surface area (Å²) >= 11 is 1.60. The van der Waals surface area contributed by atoms with Gasteiger partial charge in [0.15, 0.2) is 5.78 Å². The molecular weight excluding hydrogens is 358 g/mol. The molecule has 1 saturated carbocycles. The number of carbonyl (C=O) groups is 2. The van der Waals surface area contributed by atoms with Crippen molar-refractivity contribution in [2.75, 3.05) is 15.5 Å². The minimum absolute atomic E-state index is 0.126. The number of hydrogen-bond acceptors (Lipinski definition) is 5. The van der Waals surface area contributed by atoms with Crippen molar-refractivity contribution < 1.29 is 9.59 Å². The fraction of sp³-hybridized carbons (Fsp3) is 0.571. The first-order chi connectivity index (χ1) is 12.9. The van der Waals surface area contributed by atoms with Crippen LogP contribution in [0.3, 0.4) is 0 Å². The van der Waals surface area contributed by atoms with E-state index in [1.54, 1.807) is 11.9 Å². The zero-order valence-corrected chi connectivity index (χ0v) is 17.3. The smallest absolute Gasteiger partial charge is 0.247 e. The fourth-order valence-electron chi connectivity index (χ4n) is 3.48. The first kappa shape index (κ1) is 19.9. The molecule has 1 aromatic rings. The van der Waals surface area contributed by atoms with Crippen LogP contribution in [0.4, 0.5) is 11.4 Å². The first-order valence-corrected chi connectivity index (χ1v) is 10.9. The SMILES string of the molecule is CCCCSN1C(=O)C(C)(C)c2cc(N/N=C3\CCCCCC3=O)ccc21. The van der Waals surface area contributed by atoms with E-state index in [4.69, 9.17) is 0 Å². The lowest BCUT2D eigenvalue weighted by Crippen LogP contribution is -2.32. The van der Waals surface area contributed by atoms with Crippen LogP contribution in [-0.4, -0.2) is 23.2 Å². The number of anilines is 2. The average molecular weight is 388 g/mol. The molecule has 1 fully saturated rings. The molecule has 6 heteroatoms. The zero-order valence-electron chi connectivity index (χ0n) is 16.5. The second-order valence-corrected chi connectivity index (χ2v) is 8.83. The molecule has 1 N–H and O–H groups in total. The van der Waals surface area contributed by atoms with E-state index in [0.29, 0.717) is 12.1 Å². The van der Waals surface area contributed by atoms with E-state index in [0.717, 1.165) is 61.2 Å². The van der Waals surface area contributed by atoms with Crippen LogP contribution < -0.4 is 9.73 Å². The molecule has 1 amide bonds. The Kier molecular flexibility index (Phi) is 6.25. The Labute approximate surface area is 166 Å². The fourth-order valence-corrected chi connectivity index (χ4v) is 4.72. The highest BCUT2D eigenvalue weighted by atomic mass is 32.2.